The Balaban J connectivity index is 2.59. The van der Waals surface area contributed by atoms with Gasteiger partial charge in [0.15, 0.2) is 0 Å². The molecule has 10 heavy (non-hydrogen) atoms. The summed E-state index contributed by atoms with van der Waals surface area (Å²) in [4.78, 5) is 11.7. The molecular formula is C7H8NOS. The van der Waals surface area contributed by atoms with Crippen molar-refractivity contribution in [1.29, 1.82) is 0 Å². The van der Waals surface area contributed by atoms with Gasteiger partial charge in [0.1, 0.15) is 0 Å². The molecule has 0 saturated carbocycles. The average molecular weight is 154 g/mol. The van der Waals surface area contributed by atoms with E-state index >= 15 is 0 Å². The summed E-state index contributed by atoms with van der Waals surface area (Å²) in [5.74, 6) is -0.00579. The number of nitrogens with one attached hydrogen (secondary N) is 1. The van der Waals surface area contributed by atoms with E-state index in [9.17, 15) is 4.79 Å². The van der Waals surface area contributed by atoms with Gasteiger partial charge >= 0.3 is 0 Å². The van der Waals surface area contributed by atoms with Crippen LogP contribution >= 0.6 is 11.3 Å². The SMILES string of the molecule is CCNC(=O)c1c[c]cs1. The zero-order valence-electron chi connectivity index (χ0n) is 5.68. The third kappa shape index (κ3) is 1.57. The van der Waals surface area contributed by atoms with Gasteiger partial charge in [-0.25, -0.2) is 0 Å². The molecule has 1 aromatic rings. The minimum absolute atomic E-state index is 0.00579. The van der Waals surface area contributed by atoms with Gasteiger partial charge in [-0.05, 0) is 24.4 Å². The molecule has 1 radical (unpaired) electrons. The standard InChI is InChI=1S/C7H8NOS/c1-2-8-7(9)6-4-3-5-10-6/h4-5H,2H2,1H3,(H,8,9). The van der Waals surface area contributed by atoms with E-state index in [-0.39, 0.29) is 5.91 Å². The van der Waals surface area contributed by atoms with Crippen LogP contribution in [0.1, 0.15) is 16.6 Å². The van der Waals surface area contributed by atoms with E-state index in [1.54, 1.807) is 11.4 Å². The lowest BCUT2D eigenvalue weighted by atomic mass is 10.4. The summed E-state index contributed by atoms with van der Waals surface area (Å²) in [6.07, 6.45) is 0. The molecule has 2 nitrogen and oxygen atoms in total. The van der Waals surface area contributed by atoms with Crippen molar-refractivity contribution in [3.8, 4) is 0 Å². The molecule has 0 saturated heterocycles. The van der Waals surface area contributed by atoms with Crippen LogP contribution < -0.4 is 5.32 Å². The molecule has 1 amide bonds. The maximum atomic E-state index is 11.0. The Kier molecular flexibility index (Phi) is 2.45. The van der Waals surface area contributed by atoms with Gasteiger partial charge in [-0.15, -0.1) is 11.3 Å². The van der Waals surface area contributed by atoms with Gasteiger partial charge in [-0.3, -0.25) is 4.79 Å². The Morgan fingerprint density at radius 1 is 1.90 bits per heavy atom. The lowest BCUT2D eigenvalue weighted by molar-refractivity contribution is 0.0960. The molecule has 0 aromatic carbocycles. The predicted molar refractivity (Wildman–Crippen MR) is 41.2 cm³/mol. The molecule has 1 aromatic heterocycles. The third-order valence-electron chi connectivity index (χ3n) is 1.03. The molecule has 3 heteroatoms. The van der Waals surface area contributed by atoms with Crippen LogP contribution in [0.15, 0.2) is 11.4 Å². The van der Waals surface area contributed by atoms with Crippen molar-refractivity contribution in [2.45, 2.75) is 6.92 Å². The smallest absolute Gasteiger partial charge is 0.261 e. The van der Waals surface area contributed by atoms with E-state index in [0.717, 1.165) is 4.88 Å². The van der Waals surface area contributed by atoms with Gasteiger partial charge < -0.3 is 5.32 Å². The highest BCUT2D eigenvalue weighted by Gasteiger charge is 2.02. The van der Waals surface area contributed by atoms with Gasteiger partial charge in [0.2, 0.25) is 0 Å². The van der Waals surface area contributed by atoms with Crippen LogP contribution in [-0.4, -0.2) is 12.5 Å². The average Bonchev–Trinajstić information content (AvgIpc) is 2.38. The molecule has 0 bridgehead atoms. The van der Waals surface area contributed by atoms with Crippen LogP contribution in [0.4, 0.5) is 0 Å². The van der Waals surface area contributed by atoms with Crippen LogP contribution in [0.2, 0.25) is 0 Å². The molecule has 0 spiro atoms. The van der Waals surface area contributed by atoms with Crippen molar-refractivity contribution < 1.29 is 4.79 Å². The first-order valence-corrected chi connectivity index (χ1v) is 3.95. The first-order chi connectivity index (χ1) is 4.84. The summed E-state index contributed by atoms with van der Waals surface area (Å²) >= 11 is 1.40. The Morgan fingerprint density at radius 2 is 2.70 bits per heavy atom. The molecule has 53 valence electrons. The Bertz CT molecular complexity index is 205. The largest absolute Gasteiger partial charge is 0.352 e. The third-order valence-corrected chi connectivity index (χ3v) is 1.84. The van der Waals surface area contributed by atoms with Crippen LogP contribution in [-0.2, 0) is 0 Å². The highest BCUT2D eigenvalue weighted by atomic mass is 32.1. The van der Waals surface area contributed by atoms with Crippen LogP contribution in [0.5, 0.6) is 0 Å². The minimum atomic E-state index is -0.00579. The van der Waals surface area contributed by atoms with Crippen molar-refractivity contribution in [1.82, 2.24) is 5.32 Å². The maximum absolute atomic E-state index is 11.0. The van der Waals surface area contributed by atoms with E-state index < -0.39 is 0 Å². The van der Waals surface area contributed by atoms with Crippen molar-refractivity contribution >= 4 is 17.2 Å². The van der Waals surface area contributed by atoms with E-state index in [2.05, 4.69) is 11.4 Å². The highest BCUT2D eigenvalue weighted by Crippen LogP contribution is 2.06. The minimum Gasteiger partial charge on any atom is -0.352 e. The lowest BCUT2D eigenvalue weighted by Crippen LogP contribution is -2.21. The number of carbonyl (C=O) groups is 1. The lowest BCUT2D eigenvalue weighted by Gasteiger charge is -1.95. The Labute approximate surface area is 63.9 Å². The van der Waals surface area contributed by atoms with Crippen LogP contribution in [0.3, 0.4) is 0 Å². The summed E-state index contributed by atoms with van der Waals surface area (Å²) in [5, 5.41) is 4.47. The van der Waals surface area contributed by atoms with Crippen molar-refractivity contribution in [3.05, 3.63) is 22.4 Å². The number of thiophene rings is 1. The first kappa shape index (κ1) is 7.28. The fraction of sp³-hybridized carbons (Fsp3) is 0.286. The highest BCUT2D eigenvalue weighted by molar-refractivity contribution is 7.12. The summed E-state index contributed by atoms with van der Waals surface area (Å²) in [7, 11) is 0. The van der Waals surface area contributed by atoms with Crippen LogP contribution in [0.25, 0.3) is 0 Å². The second-order valence-corrected chi connectivity index (χ2v) is 2.68. The molecule has 0 aliphatic heterocycles. The normalized spacial score (nSPS) is 9.30. The molecule has 1 N–H and O–H groups in total. The van der Waals surface area contributed by atoms with E-state index in [1.165, 1.54) is 11.3 Å². The molecule has 0 atom stereocenters. The molecule has 0 aliphatic carbocycles. The van der Waals surface area contributed by atoms with Gasteiger partial charge in [-0.1, -0.05) is 0 Å². The molecule has 0 unspecified atom stereocenters. The zero-order valence-corrected chi connectivity index (χ0v) is 6.49. The van der Waals surface area contributed by atoms with Crippen molar-refractivity contribution in [3.63, 3.8) is 0 Å². The van der Waals surface area contributed by atoms with E-state index in [4.69, 9.17) is 0 Å². The monoisotopic (exact) mass is 154 g/mol. The quantitative estimate of drug-likeness (QED) is 0.683. The van der Waals surface area contributed by atoms with Gasteiger partial charge in [0.25, 0.3) is 5.91 Å². The van der Waals surface area contributed by atoms with Gasteiger partial charge in [0.05, 0.1) is 4.88 Å². The fourth-order valence-electron chi connectivity index (χ4n) is 0.608. The van der Waals surface area contributed by atoms with E-state index in [0.29, 0.717) is 6.54 Å². The van der Waals surface area contributed by atoms with Crippen molar-refractivity contribution in [2.24, 2.45) is 0 Å². The summed E-state index contributed by atoms with van der Waals surface area (Å²) < 4.78 is 0. The topological polar surface area (TPSA) is 29.1 Å². The van der Waals surface area contributed by atoms with Gasteiger partial charge in [0, 0.05) is 6.54 Å². The number of hydrogen-bond donors (Lipinski definition) is 1. The van der Waals surface area contributed by atoms with Crippen molar-refractivity contribution in [2.75, 3.05) is 6.54 Å². The zero-order chi connectivity index (χ0) is 7.40. The summed E-state index contributed by atoms with van der Waals surface area (Å²) in [6, 6.07) is 4.52. The molecule has 1 heterocycles. The predicted octanol–water partition coefficient (Wildman–Crippen LogP) is 1.30. The summed E-state index contributed by atoms with van der Waals surface area (Å²) in [5.41, 5.74) is 0. The second kappa shape index (κ2) is 3.37. The molecule has 0 aliphatic rings. The Hall–Kier alpha value is -0.830. The number of amides is 1. The summed E-state index contributed by atoms with van der Waals surface area (Å²) in [6.45, 7) is 2.58. The first-order valence-electron chi connectivity index (χ1n) is 3.07. The van der Waals surface area contributed by atoms with Gasteiger partial charge in [-0.2, -0.15) is 0 Å². The number of carbonyl (C=O) groups excluding carboxylic acids is 1. The van der Waals surface area contributed by atoms with Crippen LogP contribution in [0, 0.1) is 6.07 Å². The molecular weight excluding hydrogens is 146 g/mol. The second-order valence-electron chi connectivity index (χ2n) is 1.77. The van der Waals surface area contributed by atoms with E-state index in [1.807, 2.05) is 6.92 Å². The molecule has 1 rings (SSSR count). The number of hydrogen-bond acceptors (Lipinski definition) is 2. The number of rotatable bonds is 2. The maximum Gasteiger partial charge on any atom is 0.261 e. The molecule has 0 fully saturated rings. The fourth-order valence-corrected chi connectivity index (χ4v) is 1.19. The Morgan fingerprint density at radius 3 is 3.20 bits per heavy atom.